The molecule has 0 fully saturated rings. The topological polar surface area (TPSA) is 55.0 Å². The van der Waals surface area contributed by atoms with E-state index in [-0.39, 0.29) is 5.97 Å². The molecule has 5 heteroatoms. The van der Waals surface area contributed by atoms with Crippen LogP contribution in [0.15, 0.2) is 72.0 Å². The van der Waals surface area contributed by atoms with E-state index in [1.807, 2.05) is 67.6 Å². The molecule has 1 atom stereocenters. The molecular formula is C19H18N2O2S. The molecule has 24 heavy (non-hydrogen) atoms. The van der Waals surface area contributed by atoms with Gasteiger partial charge >= 0.3 is 5.97 Å². The van der Waals surface area contributed by atoms with E-state index in [2.05, 4.69) is 9.97 Å². The number of benzene rings is 2. The zero-order valence-corrected chi connectivity index (χ0v) is 14.1. The first-order valence-electron chi connectivity index (χ1n) is 7.76. The van der Waals surface area contributed by atoms with Gasteiger partial charge < -0.3 is 9.72 Å². The average molecular weight is 338 g/mol. The predicted octanol–water partition coefficient (Wildman–Crippen LogP) is 4.47. The van der Waals surface area contributed by atoms with Crippen molar-refractivity contribution in [1.29, 1.82) is 0 Å². The summed E-state index contributed by atoms with van der Waals surface area (Å²) >= 11 is 1.36. The molecule has 0 radical (unpaired) electrons. The zero-order chi connectivity index (χ0) is 16.8. The summed E-state index contributed by atoms with van der Waals surface area (Å²) in [5, 5.41) is 0.247. The van der Waals surface area contributed by atoms with Gasteiger partial charge in [-0.1, -0.05) is 72.4 Å². The summed E-state index contributed by atoms with van der Waals surface area (Å²) in [4.78, 5) is 20.0. The third-order valence-electron chi connectivity index (χ3n) is 3.47. The van der Waals surface area contributed by atoms with Gasteiger partial charge in [-0.3, -0.25) is 4.79 Å². The Morgan fingerprint density at radius 2 is 1.79 bits per heavy atom. The summed E-state index contributed by atoms with van der Waals surface area (Å²) in [6.45, 7) is 2.17. The van der Waals surface area contributed by atoms with Crippen LogP contribution in [0.1, 0.15) is 17.7 Å². The van der Waals surface area contributed by atoms with Crippen molar-refractivity contribution >= 4 is 17.7 Å². The Kier molecular flexibility index (Phi) is 5.33. The van der Waals surface area contributed by atoms with Crippen LogP contribution in [-0.4, -0.2) is 22.5 Å². The molecule has 0 amide bonds. The lowest BCUT2D eigenvalue weighted by atomic mass is 10.1. The van der Waals surface area contributed by atoms with E-state index in [0.717, 1.165) is 16.8 Å². The summed E-state index contributed by atoms with van der Waals surface area (Å²) in [5.41, 5.74) is 2.89. The smallest absolute Gasteiger partial charge is 0.324 e. The van der Waals surface area contributed by atoms with Crippen molar-refractivity contribution in [3.8, 4) is 11.3 Å². The van der Waals surface area contributed by atoms with Crippen LogP contribution in [0.5, 0.6) is 0 Å². The van der Waals surface area contributed by atoms with Gasteiger partial charge in [-0.2, -0.15) is 0 Å². The van der Waals surface area contributed by atoms with Gasteiger partial charge in [0.2, 0.25) is 0 Å². The van der Waals surface area contributed by atoms with E-state index in [1.54, 1.807) is 6.20 Å². The van der Waals surface area contributed by atoms with Crippen LogP contribution in [0, 0.1) is 0 Å². The largest absolute Gasteiger partial charge is 0.465 e. The Morgan fingerprint density at radius 3 is 2.46 bits per heavy atom. The number of ether oxygens (including phenoxy) is 1. The number of carbonyl (C=O) groups is 1. The minimum atomic E-state index is -0.444. The molecule has 4 nitrogen and oxygen atoms in total. The van der Waals surface area contributed by atoms with Crippen LogP contribution in [0.3, 0.4) is 0 Å². The van der Waals surface area contributed by atoms with Crippen molar-refractivity contribution in [3.05, 3.63) is 72.4 Å². The quantitative estimate of drug-likeness (QED) is 0.532. The van der Waals surface area contributed by atoms with Gasteiger partial charge in [0.15, 0.2) is 5.16 Å². The second-order valence-corrected chi connectivity index (χ2v) is 6.22. The fraction of sp³-hybridized carbons (Fsp3) is 0.158. The maximum atomic E-state index is 12.3. The predicted molar refractivity (Wildman–Crippen MR) is 95.7 cm³/mol. The number of thioether (sulfide) groups is 1. The number of aromatic nitrogens is 2. The number of imidazole rings is 1. The molecule has 2 aromatic carbocycles. The summed E-state index contributed by atoms with van der Waals surface area (Å²) in [5.74, 6) is -0.258. The normalized spacial score (nSPS) is 11.9. The lowest BCUT2D eigenvalue weighted by Crippen LogP contribution is -2.13. The third kappa shape index (κ3) is 3.86. The van der Waals surface area contributed by atoms with Crippen LogP contribution >= 0.6 is 11.8 Å². The number of nitrogens with one attached hydrogen (secondary N) is 1. The van der Waals surface area contributed by atoms with Gasteiger partial charge in [0.1, 0.15) is 5.25 Å². The van der Waals surface area contributed by atoms with Gasteiger partial charge in [-0.15, -0.1) is 0 Å². The Balaban J connectivity index is 1.83. The van der Waals surface area contributed by atoms with E-state index in [4.69, 9.17) is 4.74 Å². The van der Waals surface area contributed by atoms with Gasteiger partial charge in [0, 0.05) is 0 Å². The van der Waals surface area contributed by atoms with Crippen LogP contribution in [0.25, 0.3) is 11.3 Å². The first-order chi connectivity index (χ1) is 11.8. The Hall–Kier alpha value is -2.53. The maximum Gasteiger partial charge on any atom is 0.324 e. The highest BCUT2D eigenvalue weighted by Crippen LogP contribution is 2.35. The number of nitrogens with zero attached hydrogens (tertiary/aromatic N) is 1. The van der Waals surface area contributed by atoms with E-state index in [9.17, 15) is 4.79 Å². The Morgan fingerprint density at radius 1 is 1.12 bits per heavy atom. The number of rotatable bonds is 6. The Bertz CT molecular complexity index is 787. The van der Waals surface area contributed by atoms with Crippen LogP contribution in [0.4, 0.5) is 0 Å². The maximum absolute atomic E-state index is 12.3. The van der Waals surface area contributed by atoms with Crippen molar-refractivity contribution in [1.82, 2.24) is 9.97 Å². The molecule has 3 rings (SSSR count). The molecule has 1 unspecified atom stereocenters. The van der Waals surface area contributed by atoms with Crippen molar-refractivity contribution < 1.29 is 9.53 Å². The molecule has 0 aliphatic rings. The number of carbonyl (C=O) groups excluding carboxylic acids is 1. The van der Waals surface area contributed by atoms with Crippen molar-refractivity contribution in [2.45, 2.75) is 17.3 Å². The van der Waals surface area contributed by atoms with Gasteiger partial charge in [-0.25, -0.2) is 4.98 Å². The molecule has 0 aliphatic carbocycles. The van der Waals surface area contributed by atoms with Crippen LogP contribution < -0.4 is 0 Å². The van der Waals surface area contributed by atoms with Crippen LogP contribution in [0.2, 0.25) is 0 Å². The fourth-order valence-corrected chi connectivity index (χ4v) is 3.30. The molecule has 1 N–H and O–H groups in total. The van der Waals surface area contributed by atoms with E-state index >= 15 is 0 Å². The third-order valence-corrected chi connectivity index (χ3v) is 4.60. The highest BCUT2D eigenvalue weighted by molar-refractivity contribution is 8.00. The molecule has 0 spiro atoms. The van der Waals surface area contributed by atoms with Gasteiger partial charge in [-0.05, 0) is 18.1 Å². The fourth-order valence-electron chi connectivity index (χ4n) is 2.34. The monoisotopic (exact) mass is 338 g/mol. The van der Waals surface area contributed by atoms with Crippen LogP contribution in [-0.2, 0) is 9.53 Å². The first-order valence-corrected chi connectivity index (χ1v) is 8.64. The SMILES string of the molecule is CCOC(=O)C(Sc1ncc(-c2ccccc2)[nH]1)c1ccccc1. The molecule has 1 aromatic heterocycles. The minimum Gasteiger partial charge on any atom is -0.465 e. The van der Waals surface area contributed by atoms with E-state index < -0.39 is 5.25 Å². The average Bonchev–Trinajstić information content (AvgIpc) is 3.10. The van der Waals surface area contributed by atoms with Gasteiger partial charge in [0.25, 0.3) is 0 Å². The highest BCUT2D eigenvalue weighted by atomic mass is 32.2. The number of H-pyrrole nitrogens is 1. The number of hydrogen-bond acceptors (Lipinski definition) is 4. The van der Waals surface area contributed by atoms with Crippen molar-refractivity contribution in [2.75, 3.05) is 6.61 Å². The lowest BCUT2D eigenvalue weighted by Gasteiger charge is -2.14. The summed E-state index contributed by atoms with van der Waals surface area (Å²) < 4.78 is 5.22. The van der Waals surface area contributed by atoms with Crippen molar-refractivity contribution in [2.24, 2.45) is 0 Å². The second-order valence-electron chi connectivity index (χ2n) is 5.13. The summed E-state index contributed by atoms with van der Waals surface area (Å²) in [6.07, 6.45) is 1.78. The molecular weight excluding hydrogens is 320 g/mol. The molecule has 3 aromatic rings. The molecule has 0 aliphatic heterocycles. The second kappa shape index (κ2) is 7.84. The molecule has 0 saturated carbocycles. The molecule has 0 bridgehead atoms. The standard InChI is InChI=1S/C19H18N2O2S/c1-2-23-18(22)17(15-11-7-4-8-12-15)24-19-20-13-16(21-19)14-9-5-3-6-10-14/h3-13,17H,2H2,1H3,(H,20,21). The first kappa shape index (κ1) is 16.3. The Labute approximate surface area is 145 Å². The van der Waals surface area contributed by atoms with E-state index in [1.165, 1.54) is 11.8 Å². The molecule has 122 valence electrons. The number of esters is 1. The molecule has 0 saturated heterocycles. The number of aromatic amines is 1. The summed E-state index contributed by atoms with van der Waals surface area (Å²) in [6, 6.07) is 19.6. The van der Waals surface area contributed by atoms with Crippen molar-refractivity contribution in [3.63, 3.8) is 0 Å². The zero-order valence-electron chi connectivity index (χ0n) is 13.3. The highest BCUT2D eigenvalue weighted by Gasteiger charge is 2.24. The number of hydrogen-bond donors (Lipinski definition) is 1. The lowest BCUT2D eigenvalue weighted by molar-refractivity contribution is -0.142. The summed E-state index contributed by atoms with van der Waals surface area (Å²) in [7, 11) is 0. The van der Waals surface area contributed by atoms with E-state index in [0.29, 0.717) is 11.8 Å². The van der Waals surface area contributed by atoms with Gasteiger partial charge in [0.05, 0.1) is 18.5 Å². The molecule has 1 heterocycles. The minimum absolute atomic E-state index is 0.258.